The highest BCUT2D eigenvalue weighted by atomic mass is 16.5. The zero-order valence-corrected chi connectivity index (χ0v) is 21.6. The molecule has 1 amide bonds. The van der Waals surface area contributed by atoms with Gasteiger partial charge in [-0.2, -0.15) is 0 Å². The highest BCUT2D eigenvalue weighted by molar-refractivity contribution is 6.06. The van der Waals surface area contributed by atoms with Crippen LogP contribution in [-0.4, -0.2) is 35.6 Å². The minimum absolute atomic E-state index is 0.0611. The highest BCUT2D eigenvalue weighted by Crippen LogP contribution is 2.56. The highest BCUT2D eigenvalue weighted by Gasteiger charge is 2.67. The predicted molar refractivity (Wildman–Crippen MR) is 137 cm³/mol. The molecule has 1 aliphatic heterocycles. The first-order chi connectivity index (χ1) is 17.1. The van der Waals surface area contributed by atoms with Gasteiger partial charge in [0, 0.05) is 30.7 Å². The summed E-state index contributed by atoms with van der Waals surface area (Å²) in [5.74, 6) is -2.78. The number of hydrogen-bond acceptors (Lipinski definition) is 5. The van der Waals surface area contributed by atoms with E-state index in [1.54, 1.807) is 18.2 Å². The minimum atomic E-state index is -1.35. The first-order valence-corrected chi connectivity index (χ1v) is 12.7. The number of carbonyl (C=O) groups excluding carboxylic acids is 4. The third-order valence-corrected chi connectivity index (χ3v) is 8.24. The van der Waals surface area contributed by atoms with Crippen LogP contribution >= 0.6 is 0 Å². The number of allylic oxidation sites excluding steroid dienone is 4. The minimum Gasteiger partial charge on any atom is -0.457 e. The van der Waals surface area contributed by atoms with Crippen molar-refractivity contribution >= 4 is 23.4 Å². The summed E-state index contributed by atoms with van der Waals surface area (Å²) in [6, 6.07) is 9.62. The van der Waals surface area contributed by atoms with E-state index in [1.165, 1.54) is 6.92 Å². The summed E-state index contributed by atoms with van der Waals surface area (Å²) in [5.41, 5.74) is 1.19. The van der Waals surface area contributed by atoms with Crippen molar-refractivity contribution in [3.8, 4) is 0 Å². The first kappa shape index (κ1) is 25.8. The van der Waals surface area contributed by atoms with Crippen LogP contribution in [0.3, 0.4) is 0 Å². The van der Waals surface area contributed by atoms with Gasteiger partial charge in [-0.05, 0) is 43.9 Å². The van der Waals surface area contributed by atoms with Crippen molar-refractivity contribution in [1.82, 2.24) is 5.32 Å². The molecule has 1 aromatic carbocycles. The molecule has 1 aromatic rings. The van der Waals surface area contributed by atoms with Gasteiger partial charge in [0.1, 0.15) is 17.3 Å². The fourth-order valence-corrected chi connectivity index (χ4v) is 6.31. The first-order valence-electron chi connectivity index (χ1n) is 12.7. The molecule has 1 fully saturated rings. The van der Waals surface area contributed by atoms with Crippen molar-refractivity contribution in [3.05, 3.63) is 71.3 Å². The Morgan fingerprint density at radius 2 is 1.75 bits per heavy atom. The molecule has 6 nitrogen and oxygen atoms in total. The lowest BCUT2D eigenvalue weighted by Gasteiger charge is -2.46. The number of carbonyl (C=O) groups is 4. The van der Waals surface area contributed by atoms with E-state index in [-0.39, 0.29) is 35.4 Å². The zero-order chi connectivity index (χ0) is 26.2. The number of esters is 1. The molecule has 36 heavy (non-hydrogen) atoms. The summed E-state index contributed by atoms with van der Waals surface area (Å²) in [6.45, 7) is 8.70. The van der Waals surface area contributed by atoms with E-state index >= 15 is 0 Å². The quantitative estimate of drug-likeness (QED) is 0.509. The van der Waals surface area contributed by atoms with Crippen LogP contribution in [0.25, 0.3) is 0 Å². The predicted octanol–water partition coefficient (Wildman–Crippen LogP) is 4.15. The van der Waals surface area contributed by atoms with E-state index in [2.05, 4.69) is 5.32 Å². The monoisotopic (exact) mass is 489 g/mol. The van der Waals surface area contributed by atoms with Crippen molar-refractivity contribution < 1.29 is 23.9 Å². The molecule has 1 saturated heterocycles. The lowest BCUT2D eigenvalue weighted by molar-refractivity contribution is -0.161. The molecule has 0 saturated carbocycles. The number of hydrogen-bond donors (Lipinski definition) is 1. The van der Waals surface area contributed by atoms with Crippen LogP contribution in [0.15, 0.2) is 65.8 Å². The van der Waals surface area contributed by atoms with Crippen molar-refractivity contribution in [3.63, 3.8) is 0 Å². The molecule has 0 radical (unpaired) electrons. The molecule has 0 aromatic heterocycles. The molecule has 0 bridgehead atoms. The van der Waals surface area contributed by atoms with E-state index in [9.17, 15) is 19.2 Å². The number of benzene rings is 1. The third kappa shape index (κ3) is 4.27. The number of Topliss-reactive ketones (excluding diaryl/α,β-unsaturated/α-hetero) is 2. The molecular formula is C30H35NO5. The van der Waals surface area contributed by atoms with Gasteiger partial charge in [-0.25, -0.2) is 0 Å². The Morgan fingerprint density at radius 1 is 1.06 bits per heavy atom. The van der Waals surface area contributed by atoms with Gasteiger partial charge < -0.3 is 10.1 Å². The molecule has 1 heterocycles. The van der Waals surface area contributed by atoms with Crippen LogP contribution in [0.4, 0.5) is 0 Å². The molecular weight excluding hydrogens is 454 g/mol. The second-order valence-electron chi connectivity index (χ2n) is 10.5. The fourth-order valence-electron chi connectivity index (χ4n) is 6.31. The smallest absolute Gasteiger partial charge is 0.303 e. The zero-order valence-electron chi connectivity index (χ0n) is 21.6. The van der Waals surface area contributed by atoms with Gasteiger partial charge in [0.2, 0.25) is 5.91 Å². The molecule has 7 unspecified atom stereocenters. The second-order valence-corrected chi connectivity index (χ2v) is 10.5. The average Bonchev–Trinajstić information content (AvgIpc) is 3.13. The maximum Gasteiger partial charge on any atom is 0.303 e. The molecule has 7 atom stereocenters. The van der Waals surface area contributed by atoms with Crippen molar-refractivity contribution in [1.29, 1.82) is 0 Å². The number of nitrogens with one attached hydrogen (secondary N) is 1. The molecule has 4 rings (SSSR count). The molecule has 3 aliphatic rings. The lowest BCUT2D eigenvalue weighted by atomic mass is 9.54. The third-order valence-electron chi connectivity index (χ3n) is 8.24. The van der Waals surface area contributed by atoms with Crippen LogP contribution in [0.5, 0.6) is 0 Å². The number of rotatable bonds is 3. The van der Waals surface area contributed by atoms with Gasteiger partial charge in [0.05, 0.1) is 5.92 Å². The van der Waals surface area contributed by atoms with Gasteiger partial charge in [0.15, 0.2) is 5.78 Å². The van der Waals surface area contributed by atoms with E-state index in [1.807, 2.05) is 64.1 Å². The lowest BCUT2D eigenvalue weighted by Crippen LogP contribution is -2.56. The Morgan fingerprint density at radius 3 is 2.42 bits per heavy atom. The summed E-state index contributed by atoms with van der Waals surface area (Å²) in [4.78, 5) is 53.1. The summed E-state index contributed by atoms with van der Waals surface area (Å²) in [7, 11) is 0. The van der Waals surface area contributed by atoms with E-state index in [0.717, 1.165) is 11.1 Å². The van der Waals surface area contributed by atoms with Gasteiger partial charge >= 0.3 is 5.97 Å². The van der Waals surface area contributed by atoms with Crippen LogP contribution in [0.2, 0.25) is 0 Å². The SMILES string of the molecule is CC(=O)OC1C=CC(C)C(=O)C(C)CC=CC2C(=O)C(C)=C(C)C3C(Cc4ccccc4)NC(=O)C123. The van der Waals surface area contributed by atoms with E-state index in [0.29, 0.717) is 18.4 Å². The summed E-state index contributed by atoms with van der Waals surface area (Å²) in [5, 5.41) is 3.19. The van der Waals surface area contributed by atoms with Crippen molar-refractivity contribution in [2.24, 2.45) is 29.1 Å². The Kier molecular flexibility index (Phi) is 7.17. The van der Waals surface area contributed by atoms with E-state index in [4.69, 9.17) is 4.74 Å². The number of ether oxygens (including phenoxy) is 1. The van der Waals surface area contributed by atoms with Gasteiger partial charge in [0.25, 0.3) is 0 Å². The molecule has 6 heteroatoms. The van der Waals surface area contributed by atoms with Crippen molar-refractivity contribution in [2.75, 3.05) is 0 Å². The Hall–Kier alpha value is -3.28. The van der Waals surface area contributed by atoms with Gasteiger partial charge in [-0.15, -0.1) is 0 Å². The number of ketones is 2. The van der Waals surface area contributed by atoms with Gasteiger partial charge in [-0.3, -0.25) is 19.2 Å². The summed E-state index contributed by atoms with van der Waals surface area (Å²) >= 11 is 0. The van der Waals surface area contributed by atoms with Crippen LogP contribution in [0.1, 0.15) is 46.6 Å². The standard InChI is InChI=1S/C30H35NO5/c1-17-10-9-13-23-28(34)20(4)19(3)26-24(16-22-11-7-6-8-12-22)31-29(35)30(23,26)25(36-21(5)32)15-14-18(2)27(17)33/h6-9,11-15,17-18,23-26H,10,16H2,1-5H3,(H,31,35). The van der Waals surface area contributed by atoms with Gasteiger partial charge in [-0.1, -0.05) is 68.0 Å². The maximum atomic E-state index is 14.1. The Bertz CT molecular complexity index is 1160. The molecule has 2 aliphatic carbocycles. The second kappa shape index (κ2) is 10.00. The van der Waals surface area contributed by atoms with Crippen LogP contribution < -0.4 is 5.32 Å². The molecule has 1 spiro atoms. The summed E-state index contributed by atoms with van der Waals surface area (Å²) in [6.07, 6.45) is 7.06. The topological polar surface area (TPSA) is 89.5 Å². The Balaban J connectivity index is 1.95. The summed E-state index contributed by atoms with van der Waals surface area (Å²) < 4.78 is 5.84. The molecule has 190 valence electrons. The Labute approximate surface area is 212 Å². The largest absolute Gasteiger partial charge is 0.457 e. The van der Waals surface area contributed by atoms with Crippen LogP contribution in [0, 0.1) is 29.1 Å². The average molecular weight is 490 g/mol. The normalized spacial score (nSPS) is 34.5. The van der Waals surface area contributed by atoms with Crippen molar-refractivity contribution in [2.45, 2.75) is 59.6 Å². The van der Waals surface area contributed by atoms with Crippen LogP contribution in [-0.2, 0) is 30.3 Å². The fraction of sp³-hybridized carbons (Fsp3) is 0.467. The maximum absolute atomic E-state index is 14.1. The van der Waals surface area contributed by atoms with E-state index < -0.39 is 29.3 Å². The molecule has 1 N–H and O–H groups in total. The number of amides is 1.